The minimum absolute atomic E-state index is 0.250. The molecule has 0 amide bonds. The molecule has 0 aromatic heterocycles. The quantitative estimate of drug-likeness (QED) is 0.467. The van der Waals surface area contributed by atoms with Crippen LogP contribution >= 0.6 is 0 Å². The van der Waals surface area contributed by atoms with Crippen molar-refractivity contribution in [3.63, 3.8) is 0 Å². The molecule has 1 rings (SSSR count). The summed E-state index contributed by atoms with van der Waals surface area (Å²) in [4.78, 5) is 0. The Bertz CT molecular complexity index is 136. The van der Waals surface area contributed by atoms with E-state index in [0.717, 1.165) is 19.8 Å². The van der Waals surface area contributed by atoms with Crippen molar-refractivity contribution in [3.05, 3.63) is 0 Å². The highest BCUT2D eigenvalue weighted by Gasteiger charge is 2.22. The maximum atomic E-state index is 5.43. The average molecular weight is 188 g/mol. The maximum Gasteiger partial charge on any atom is 0.104 e. The van der Waals surface area contributed by atoms with Gasteiger partial charge in [0.15, 0.2) is 0 Å². The summed E-state index contributed by atoms with van der Waals surface area (Å²) < 4.78 is 15.8. The summed E-state index contributed by atoms with van der Waals surface area (Å²) in [6.07, 6.45) is 0.364. The van der Waals surface area contributed by atoms with Gasteiger partial charge >= 0.3 is 0 Å². The molecular formula is C10H20O3. The van der Waals surface area contributed by atoms with Gasteiger partial charge in [-0.15, -0.1) is 0 Å². The number of epoxide rings is 1. The number of rotatable bonds is 6. The van der Waals surface area contributed by atoms with Gasteiger partial charge in [-0.1, -0.05) is 20.8 Å². The molecule has 0 aliphatic carbocycles. The third-order valence-corrected chi connectivity index (χ3v) is 1.61. The number of hydrogen-bond donors (Lipinski definition) is 0. The molecule has 3 heteroatoms. The van der Waals surface area contributed by atoms with Crippen LogP contribution in [-0.2, 0) is 14.2 Å². The molecule has 0 radical (unpaired) electrons. The Morgan fingerprint density at radius 1 is 1.23 bits per heavy atom. The largest absolute Gasteiger partial charge is 0.379 e. The third-order valence-electron chi connectivity index (χ3n) is 1.61. The van der Waals surface area contributed by atoms with Crippen LogP contribution in [0.4, 0.5) is 0 Å². The lowest BCUT2D eigenvalue weighted by Crippen LogP contribution is -2.17. The first-order chi connectivity index (χ1) is 6.08. The van der Waals surface area contributed by atoms with Gasteiger partial charge < -0.3 is 14.2 Å². The summed E-state index contributed by atoms with van der Waals surface area (Å²) in [6, 6.07) is 0. The second-order valence-corrected chi connectivity index (χ2v) is 4.64. The van der Waals surface area contributed by atoms with Gasteiger partial charge in [0.1, 0.15) is 6.10 Å². The molecule has 0 N–H and O–H groups in total. The summed E-state index contributed by atoms with van der Waals surface area (Å²) in [7, 11) is 0. The van der Waals surface area contributed by atoms with Crippen molar-refractivity contribution >= 4 is 0 Å². The zero-order valence-corrected chi connectivity index (χ0v) is 8.84. The van der Waals surface area contributed by atoms with Crippen molar-refractivity contribution in [3.8, 4) is 0 Å². The Morgan fingerprint density at radius 2 is 1.85 bits per heavy atom. The average Bonchev–Trinajstić information content (AvgIpc) is 2.77. The molecule has 1 unspecified atom stereocenters. The predicted octanol–water partition coefficient (Wildman–Crippen LogP) is 1.46. The van der Waals surface area contributed by atoms with Crippen LogP contribution < -0.4 is 0 Å². The smallest absolute Gasteiger partial charge is 0.104 e. The lowest BCUT2D eigenvalue weighted by molar-refractivity contribution is 0.0159. The van der Waals surface area contributed by atoms with Gasteiger partial charge in [-0.05, 0) is 5.41 Å². The highest BCUT2D eigenvalue weighted by atomic mass is 16.6. The predicted molar refractivity (Wildman–Crippen MR) is 50.8 cm³/mol. The molecule has 3 nitrogen and oxygen atoms in total. The molecule has 13 heavy (non-hydrogen) atoms. The van der Waals surface area contributed by atoms with E-state index in [1.165, 1.54) is 0 Å². The Balaban J connectivity index is 1.78. The second-order valence-electron chi connectivity index (χ2n) is 4.64. The summed E-state index contributed by atoms with van der Waals surface area (Å²) in [6.45, 7) is 10.2. The molecule has 1 aliphatic heterocycles. The molecule has 1 heterocycles. The molecule has 0 aromatic carbocycles. The van der Waals surface area contributed by atoms with Crippen LogP contribution in [0, 0.1) is 5.41 Å². The summed E-state index contributed by atoms with van der Waals surface area (Å²) in [5.74, 6) is 0. The molecule has 0 bridgehead atoms. The van der Waals surface area contributed by atoms with Crippen LogP contribution in [0.3, 0.4) is 0 Å². The van der Waals surface area contributed by atoms with E-state index in [4.69, 9.17) is 14.2 Å². The van der Waals surface area contributed by atoms with Crippen LogP contribution in [0.15, 0.2) is 0 Å². The van der Waals surface area contributed by atoms with Gasteiger partial charge in [-0.2, -0.15) is 0 Å². The first kappa shape index (κ1) is 11.0. The molecule has 0 aromatic rings. The van der Waals surface area contributed by atoms with Gasteiger partial charge in [0, 0.05) is 0 Å². The number of hydrogen-bond acceptors (Lipinski definition) is 3. The van der Waals surface area contributed by atoms with E-state index < -0.39 is 0 Å². The highest BCUT2D eigenvalue weighted by Crippen LogP contribution is 2.12. The molecule has 1 aliphatic rings. The van der Waals surface area contributed by atoms with E-state index >= 15 is 0 Å². The van der Waals surface area contributed by atoms with Crippen LogP contribution in [0.25, 0.3) is 0 Å². The normalized spacial score (nSPS) is 21.9. The Kier molecular flexibility index (Phi) is 4.16. The highest BCUT2D eigenvalue weighted by molar-refractivity contribution is 4.67. The monoisotopic (exact) mass is 188 g/mol. The second kappa shape index (κ2) is 4.94. The molecule has 78 valence electrons. The van der Waals surface area contributed by atoms with Crippen molar-refractivity contribution in [2.24, 2.45) is 5.41 Å². The van der Waals surface area contributed by atoms with Crippen LogP contribution in [0.2, 0.25) is 0 Å². The zero-order valence-electron chi connectivity index (χ0n) is 8.84. The minimum atomic E-state index is 0.250. The lowest BCUT2D eigenvalue weighted by Gasteiger charge is -2.17. The summed E-state index contributed by atoms with van der Waals surface area (Å²) >= 11 is 0. The van der Waals surface area contributed by atoms with Crippen LogP contribution in [0.1, 0.15) is 20.8 Å². The molecule has 1 saturated heterocycles. The summed E-state index contributed by atoms with van der Waals surface area (Å²) in [5, 5.41) is 0. The van der Waals surface area contributed by atoms with Crippen LogP contribution in [-0.4, -0.2) is 39.1 Å². The SMILES string of the molecule is CC(C)(C)COCCOCC1CO1. The van der Waals surface area contributed by atoms with Gasteiger partial charge in [0.2, 0.25) is 0 Å². The zero-order chi connectivity index (χ0) is 9.73. The van der Waals surface area contributed by atoms with Crippen molar-refractivity contribution in [2.45, 2.75) is 26.9 Å². The van der Waals surface area contributed by atoms with Gasteiger partial charge in [-0.25, -0.2) is 0 Å². The first-order valence-electron chi connectivity index (χ1n) is 4.85. The number of ether oxygens (including phenoxy) is 3. The van der Waals surface area contributed by atoms with Crippen molar-refractivity contribution in [2.75, 3.05) is 33.0 Å². The molecule has 1 atom stereocenters. The lowest BCUT2D eigenvalue weighted by atomic mass is 9.99. The van der Waals surface area contributed by atoms with E-state index in [1.807, 2.05) is 0 Å². The first-order valence-corrected chi connectivity index (χ1v) is 4.85. The fraction of sp³-hybridized carbons (Fsp3) is 1.00. The molecule has 0 spiro atoms. The molecular weight excluding hydrogens is 168 g/mol. The third kappa shape index (κ3) is 6.99. The van der Waals surface area contributed by atoms with Crippen molar-refractivity contribution in [1.82, 2.24) is 0 Å². The van der Waals surface area contributed by atoms with Gasteiger partial charge in [-0.3, -0.25) is 0 Å². The summed E-state index contributed by atoms with van der Waals surface area (Å²) in [5.41, 5.74) is 0.250. The Morgan fingerprint density at radius 3 is 2.38 bits per heavy atom. The van der Waals surface area contributed by atoms with Crippen molar-refractivity contribution in [1.29, 1.82) is 0 Å². The molecule has 0 saturated carbocycles. The van der Waals surface area contributed by atoms with E-state index in [2.05, 4.69) is 20.8 Å². The van der Waals surface area contributed by atoms with E-state index in [0.29, 0.717) is 19.3 Å². The van der Waals surface area contributed by atoms with E-state index in [1.54, 1.807) is 0 Å². The van der Waals surface area contributed by atoms with Crippen molar-refractivity contribution < 1.29 is 14.2 Å². The Hall–Kier alpha value is -0.120. The van der Waals surface area contributed by atoms with Gasteiger partial charge in [0.25, 0.3) is 0 Å². The standard InChI is InChI=1S/C10H20O3/c1-10(2,3)8-12-5-4-11-6-9-7-13-9/h9H,4-8H2,1-3H3. The fourth-order valence-corrected chi connectivity index (χ4v) is 0.875. The van der Waals surface area contributed by atoms with E-state index in [9.17, 15) is 0 Å². The van der Waals surface area contributed by atoms with Crippen LogP contribution in [0.5, 0.6) is 0 Å². The molecule has 1 fully saturated rings. The topological polar surface area (TPSA) is 31.0 Å². The maximum absolute atomic E-state index is 5.43. The Labute approximate surface area is 80.4 Å². The minimum Gasteiger partial charge on any atom is -0.379 e. The van der Waals surface area contributed by atoms with E-state index in [-0.39, 0.29) is 5.41 Å². The fourth-order valence-electron chi connectivity index (χ4n) is 0.875. The van der Waals surface area contributed by atoms with Gasteiger partial charge in [0.05, 0.1) is 33.0 Å².